The minimum absolute atomic E-state index is 0.143. The minimum Gasteiger partial charge on any atom is -0.497 e. The summed E-state index contributed by atoms with van der Waals surface area (Å²) in [6.07, 6.45) is 1.76. The highest BCUT2D eigenvalue weighted by atomic mass is 35.5. The summed E-state index contributed by atoms with van der Waals surface area (Å²) in [4.78, 5) is 12.3. The Kier molecular flexibility index (Phi) is 6.73. The van der Waals surface area contributed by atoms with Gasteiger partial charge in [0.25, 0.3) is 0 Å². The molecule has 8 heteroatoms. The number of carbonyl (C=O) groups excluding carboxylic acids is 1. The minimum atomic E-state index is -0.143. The second-order valence-corrected chi connectivity index (χ2v) is 7.16. The Hall–Kier alpha value is -2.77. The normalized spacial score (nSPS) is 10.5. The van der Waals surface area contributed by atoms with Crippen molar-refractivity contribution in [1.82, 2.24) is 14.8 Å². The maximum Gasteiger partial charge on any atom is 0.234 e. The molecule has 144 valence electrons. The Morgan fingerprint density at radius 2 is 2.11 bits per heavy atom. The van der Waals surface area contributed by atoms with E-state index in [1.165, 1.54) is 11.8 Å². The molecule has 3 aromatic rings. The first kappa shape index (κ1) is 20.0. The van der Waals surface area contributed by atoms with Gasteiger partial charge >= 0.3 is 0 Å². The van der Waals surface area contributed by atoms with Crippen LogP contribution in [0.4, 0.5) is 5.69 Å². The van der Waals surface area contributed by atoms with Gasteiger partial charge in [-0.25, -0.2) is 0 Å². The molecule has 1 N–H and O–H groups in total. The zero-order valence-corrected chi connectivity index (χ0v) is 16.8. The van der Waals surface area contributed by atoms with Crippen molar-refractivity contribution in [2.45, 2.75) is 11.7 Å². The number of halogens is 1. The molecule has 0 fully saturated rings. The average Bonchev–Trinajstić information content (AvgIpc) is 3.09. The summed E-state index contributed by atoms with van der Waals surface area (Å²) in [5.41, 5.74) is 1.53. The van der Waals surface area contributed by atoms with Crippen molar-refractivity contribution >= 4 is 35.0 Å². The number of hydrogen-bond donors (Lipinski definition) is 1. The number of nitrogens with one attached hydrogen (secondary N) is 1. The van der Waals surface area contributed by atoms with E-state index in [1.54, 1.807) is 25.3 Å². The van der Waals surface area contributed by atoms with Crippen molar-refractivity contribution in [2.24, 2.45) is 0 Å². The molecule has 2 aromatic carbocycles. The molecule has 6 nitrogen and oxygen atoms in total. The summed E-state index contributed by atoms with van der Waals surface area (Å²) >= 11 is 7.40. The maximum atomic E-state index is 12.3. The molecule has 0 aliphatic carbocycles. The van der Waals surface area contributed by atoms with E-state index in [0.717, 1.165) is 5.56 Å². The van der Waals surface area contributed by atoms with E-state index >= 15 is 0 Å². The van der Waals surface area contributed by atoms with Gasteiger partial charge < -0.3 is 10.1 Å². The largest absolute Gasteiger partial charge is 0.497 e. The third-order valence-electron chi connectivity index (χ3n) is 3.80. The molecule has 0 aliphatic rings. The van der Waals surface area contributed by atoms with Crippen LogP contribution < -0.4 is 10.1 Å². The smallest absolute Gasteiger partial charge is 0.234 e. The van der Waals surface area contributed by atoms with E-state index in [4.69, 9.17) is 16.3 Å². The molecule has 0 saturated carbocycles. The van der Waals surface area contributed by atoms with Gasteiger partial charge in [0.1, 0.15) is 5.75 Å². The standard InChI is InChI=1S/C20H19ClN4O2S/c1-3-10-25-19(14-6-4-7-15(21)11-14)23-24-20(25)28-13-18(26)22-16-8-5-9-17(12-16)27-2/h3-9,11-12H,1,10,13H2,2H3,(H,22,26). The second kappa shape index (κ2) is 9.43. The van der Waals surface area contributed by atoms with Gasteiger partial charge in [0.15, 0.2) is 11.0 Å². The molecule has 0 radical (unpaired) electrons. The molecule has 0 spiro atoms. The van der Waals surface area contributed by atoms with Crippen LogP contribution in [0.3, 0.4) is 0 Å². The lowest BCUT2D eigenvalue weighted by Crippen LogP contribution is -2.14. The van der Waals surface area contributed by atoms with Gasteiger partial charge in [0.05, 0.1) is 12.9 Å². The van der Waals surface area contributed by atoms with Crippen LogP contribution in [0.2, 0.25) is 5.02 Å². The monoisotopic (exact) mass is 414 g/mol. The third kappa shape index (κ3) is 4.94. The lowest BCUT2D eigenvalue weighted by Gasteiger charge is -2.09. The molecule has 28 heavy (non-hydrogen) atoms. The van der Waals surface area contributed by atoms with Gasteiger partial charge in [-0.1, -0.05) is 47.6 Å². The molecule has 1 aromatic heterocycles. The maximum absolute atomic E-state index is 12.3. The van der Waals surface area contributed by atoms with Gasteiger partial charge in [-0.05, 0) is 24.3 Å². The second-order valence-electron chi connectivity index (χ2n) is 5.78. The summed E-state index contributed by atoms with van der Waals surface area (Å²) in [6.45, 7) is 4.32. The van der Waals surface area contributed by atoms with E-state index in [9.17, 15) is 4.79 Å². The van der Waals surface area contributed by atoms with Crippen molar-refractivity contribution in [3.63, 3.8) is 0 Å². The first-order valence-electron chi connectivity index (χ1n) is 8.47. The number of allylic oxidation sites excluding steroid dienone is 1. The Morgan fingerprint density at radius 1 is 1.29 bits per heavy atom. The van der Waals surface area contributed by atoms with Crippen LogP contribution in [-0.4, -0.2) is 33.5 Å². The quantitative estimate of drug-likeness (QED) is 0.433. The van der Waals surface area contributed by atoms with Crippen molar-refractivity contribution in [1.29, 1.82) is 0 Å². The van der Waals surface area contributed by atoms with Gasteiger partial charge in [0, 0.05) is 28.9 Å². The Labute approximate surface area is 172 Å². The number of anilines is 1. The summed E-state index contributed by atoms with van der Waals surface area (Å²) in [5.74, 6) is 1.42. The Bertz CT molecular complexity index is 990. The summed E-state index contributed by atoms with van der Waals surface area (Å²) in [6, 6.07) is 14.6. The number of methoxy groups -OCH3 is 1. The van der Waals surface area contributed by atoms with E-state index < -0.39 is 0 Å². The lowest BCUT2D eigenvalue weighted by atomic mass is 10.2. The lowest BCUT2D eigenvalue weighted by molar-refractivity contribution is -0.113. The van der Waals surface area contributed by atoms with E-state index in [-0.39, 0.29) is 11.7 Å². The van der Waals surface area contributed by atoms with Crippen LogP contribution in [0.25, 0.3) is 11.4 Å². The fourth-order valence-electron chi connectivity index (χ4n) is 2.56. The highest BCUT2D eigenvalue weighted by Crippen LogP contribution is 2.26. The molecular formula is C20H19ClN4O2S. The molecule has 0 saturated heterocycles. The molecule has 3 rings (SSSR count). The summed E-state index contributed by atoms with van der Waals surface area (Å²) in [7, 11) is 1.58. The van der Waals surface area contributed by atoms with Crippen LogP contribution in [0, 0.1) is 0 Å². The van der Waals surface area contributed by atoms with E-state index in [2.05, 4.69) is 22.1 Å². The Morgan fingerprint density at radius 3 is 2.86 bits per heavy atom. The predicted octanol–water partition coefficient (Wildman–Crippen LogP) is 4.52. The molecule has 1 heterocycles. The molecule has 0 bridgehead atoms. The number of benzene rings is 2. The van der Waals surface area contributed by atoms with Crippen LogP contribution in [0.1, 0.15) is 0 Å². The third-order valence-corrected chi connectivity index (χ3v) is 5.00. The van der Waals surface area contributed by atoms with Gasteiger partial charge in [-0.15, -0.1) is 16.8 Å². The number of amides is 1. The first-order chi connectivity index (χ1) is 13.6. The van der Waals surface area contributed by atoms with Crippen molar-refractivity contribution < 1.29 is 9.53 Å². The molecule has 1 amide bonds. The number of ether oxygens (including phenoxy) is 1. The van der Waals surface area contributed by atoms with Crippen LogP contribution >= 0.6 is 23.4 Å². The zero-order valence-electron chi connectivity index (χ0n) is 15.3. The van der Waals surface area contributed by atoms with Gasteiger partial charge in [-0.2, -0.15) is 0 Å². The van der Waals surface area contributed by atoms with Crippen LogP contribution in [0.15, 0.2) is 66.3 Å². The molecule has 0 aliphatic heterocycles. The van der Waals surface area contributed by atoms with Gasteiger partial charge in [-0.3, -0.25) is 9.36 Å². The van der Waals surface area contributed by atoms with Crippen molar-refractivity contribution in [3.8, 4) is 17.1 Å². The van der Waals surface area contributed by atoms with Crippen LogP contribution in [-0.2, 0) is 11.3 Å². The van der Waals surface area contributed by atoms with Crippen LogP contribution in [0.5, 0.6) is 5.75 Å². The highest BCUT2D eigenvalue weighted by Gasteiger charge is 2.15. The van der Waals surface area contributed by atoms with Gasteiger partial charge in [0.2, 0.25) is 5.91 Å². The fourth-order valence-corrected chi connectivity index (χ4v) is 3.50. The number of nitrogens with zero attached hydrogens (tertiary/aromatic N) is 3. The fraction of sp³-hybridized carbons (Fsp3) is 0.150. The SMILES string of the molecule is C=CCn1c(SCC(=O)Nc2cccc(OC)c2)nnc1-c1cccc(Cl)c1. The zero-order chi connectivity index (χ0) is 19.9. The molecular weight excluding hydrogens is 396 g/mol. The van der Waals surface area contributed by atoms with E-state index in [1.807, 2.05) is 41.0 Å². The number of rotatable bonds is 8. The summed E-state index contributed by atoms with van der Waals surface area (Å²) < 4.78 is 7.07. The van der Waals surface area contributed by atoms with Crippen molar-refractivity contribution in [3.05, 3.63) is 66.2 Å². The number of aromatic nitrogens is 3. The highest BCUT2D eigenvalue weighted by molar-refractivity contribution is 7.99. The van der Waals surface area contributed by atoms with E-state index in [0.29, 0.717) is 34.0 Å². The summed E-state index contributed by atoms with van der Waals surface area (Å²) in [5, 5.41) is 12.6. The predicted molar refractivity (Wildman–Crippen MR) is 113 cm³/mol. The molecule has 0 atom stereocenters. The molecule has 0 unspecified atom stereocenters. The number of carbonyl (C=O) groups is 1. The topological polar surface area (TPSA) is 69.0 Å². The average molecular weight is 415 g/mol. The number of hydrogen-bond acceptors (Lipinski definition) is 5. The number of thioether (sulfide) groups is 1. The first-order valence-corrected chi connectivity index (χ1v) is 9.84. The van der Waals surface area contributed by atoms with Crippen molar-refractivity contribution in [2.75, 3.05) is 18.2 Å². The Balaban J connectivity index is 1.71.